The number of likely N-dealkylation sites (tertiary alicyclic amines) is 1. The molecule has 0 N–H and O–H groups in total. The highest BCUT2D eigenvalue weighted by molar-refractivity contribution is 6.31. The lowest BCUT2D eigenvalue weighted by Gasteiger charge is -2.24. The molecule has 1 unspecified atom stereocenters. The van der Waals surface area contributed by atoms with Crippen molar-refractivity contribution in [2.24, 2.45) is 0 Å². The van der Waals surface area contributed by atoms with Crippen molar-refractivity contribution in [2.45, 2.75) is 38.9 Å². The molecule has 2 heterocycles. The van der Waals surface area contributed by atoms with Crippen LogP contribution in [0.2, 0.25) is 5.15 Å². The normalized spacial score (nSPS) is 18.0. The lowest BCUT2D eigenvalue weighted by Crippen LogP contribution is -2.36. The Morgan fingerprint density at radius 3 is 2.58 bits per heavy atom. The first-order chi connectivity index (χ1) is 11.3. The van der Waals surface area contributed by atoms with E-state index in [1.54, 1.807) is 4.90 Å². The van der Waals surface area contributed by atoms with Crippen molar-refractivity contribution in [3.05, 3.63) is 29.4 Å². The fourth-order valence-electron chi connectivity index (χ4n) is 2.51. The summed E-state index contributed by atoms with van der Waals surface area (Å²) in [7, 11) is 0. The Labute approximate surface area is 145 Å². The van der Waals surface area contributed by atoms with Crippen LogP contribution in [0.5, 0.6) is 5.88 Å². The van der Waals surface area contributed by atoms with Crippen LogP contribution in [0.15, 0.2) is 24.3 Å². The summed E-state index contributed by atoms with van der Waals surface area (Å²) in [6, 6.07) is 7.46. The van der Waals surface area contributed by atoms with E-state index in [9.17, 15) is 4.79 Å². The van der Waals surface area contributed by atoms with Crippen LogP contribution in [0.25, 0.3) is 11.0 Å². The zero-order valence-corrected chi connectivity index (χ0v) is 14.7. The number of nitrogens with zero attached hydrogens (tertiary/aromatic N) is 3. The largest absolute Gasteiger partial charge is 0.470 e. The molecule has 6 nitrogen and oxygen atoms in total. The molecule has 1 saturated heterocycles. The highest BCUT2D eigenvalue weighted by Crippen LogP contribution is 2.26. The Hall–Kier alpha value is -2.08. The topological polar surface area (TPSA) is 64.5 Å². The Morgan fingerprint density at radius 2 is 1.92 bits per heavy atom. The molecule has 0 bridgehead atoms. The number of carbonyl (C=O) groups is 1. The third-order valence-electron chi connectivity index (χ3n) is 3.57. The molecule has 24 heavy (non-hydrogen) atoms. The van der Waals surface area contributed by atoms with Crippen LogP contribution in [0.3, 0.4) is 0 Å². The van der Waals surface area contributed by atoms with Gasteiger partial charge in [-0.15, -0.1) is 0 Å². The highest BCUT2D eigenvalue weighted by Gasteiger charge is 2.31. The molecule has 0 radical (unpaired) electrons. The maximum absolute atomic E-state index is 12.1. The zero-order chi connectivity index (χ0) is 17.3. The minimum Gasteiger partial charge on any atom is -0.470 e. The van der Waals surface area contributed by atoms with Crippen LogP contribution in [0.1, 0.15) is 27.2 Å². The standard InChI is InChI=1S/C17H20ClN3O3/c1-17(2,3)24-16(22)21-9-8-11(10-21)23-15-14(18)19-12-6-4-5-7-13(12)20-15/h4-7,11H,8-10H2,1-3H3. The van der Waals surface area contributed by atoms with Crippen LogP contribution in [0, 0.1) is 0 Å². The van der Waals surface area contributed by atoms with Gasteiger partial charge >= 0.3 is 6.09 Å². The molecular formula is C17H20ClN3O3. The van der Waals surface area contributed by atoms with Crippen molar-refractivity contribution < 1.29 is 14.3 Å². The van der Waals surface area contributed by atoms with E-state index in [2.05, 4.69) is 9.97 Å². The second kappa shape index (κ2) is 6.43. The lowest BCUT2D eigenvalue weighted by atomic mass is 10.2. The molecule has 0 aliphatic carbocycles. The van der Waals surface area contributed by atoms with Crippen molar-refractivity contribution in [2.75, 3.05) is 13.1 Å². The number of rotatable bonds is 2. The number of halogens is 1. The Balaban J connectivity index is 1.67. The van der Waals surface area contributed by atoms with E-state index in [0.717, 1.165) is 11.0 Å². The molecule has 128 valence electrons. The number of amides is 1. The van der Waals surface area contributed by atoms with Crippen LogP contribution >= 0.6 is 11.6 Å². The average Bonchev–Trinajstić information content (AvgIpc) is 2.95. The Morgan fingerprint density at radius 1 is 1.25 bits per heavy atom. The first kappa shape index (κ1) is 16.8. The first-order valence-electron chi connectivity index (χ1n) is 7.89. The molecule has 1 aromatic heterocycles. The molecule has 7 heteroatoms. The Bertz CT molecular complexity index is 760. The number of fused-ring (bicyclic) bond motifs is 1. The van der Waals surface area contributed by atoms with Crippen LogP contribution in [0.4, 0.5) is 4.79 Å². The molecule has 1 aromatic carbocycles. The van der Waals surface area contributed by atoms with E-state index >= 15 is 0 Å². The summed E-state index contributed by atoms with van der Waals surface area (Å²) in [5.74, 6) is 0.298. The molecule has 1 aliphatic rings. The predicted octanol–water partition coefficient (Wildman–Crippen LogP) is 3.67. The molecule has 1 amide bonds. The van der Waals surface area contributed by atoms with Gasteiger partial charge in [0.1, 0.15) is 11.7 Å². The van der Waals surface area contributed by atoms with Gasteiger partial charge in [-0.2, -0.15) is 0 Å². The van der Waals surface area contributed by atoms with Crippen molar-refractivity contribution in [3.8, 4) is 5.88 Å². The van der Waals surface area contributed by atoms with Gasteiger partial charge in [0, 0.05) is 13.0 Å². The summed E-state index contributed by atoms with van der Waals surface area (Å²) in [5, 5.41) is 0.226. The lowest BCUT2D eigenvalue weighted by molar-refractivity contribution is 0.0275. The second-order valence-corrected chi connectivity index (χ2v) is 7.12. The van der Waals surface area contributed by atoms with Gasteiger partial charge in [0.25, 0.3) is 5.88 Å². The maximum Gasteiger partial charge on any atom is 0.410 e. The maximum atomic E-state index is 12.1. The predicted molar refractivity (Wildman–Crippen MR) is 91.4 cm³/mol. The van der Waals surface area contributed by atoms with Gasteiger partial charge in [-0.05, 0) is 32.9 Å². The minimum absolute atomic E-state index is 0.175. The van der Waals surface area contributed by atoms with E-state index < -0.39 is 5.60 Å². The summed E-state index contributed by atoms with van der Waals surface area (Å²) in [5.41, 5.74) is 0.930. The third-order valence-corrected chi connectivity index (χ3v) is 3.82. The average molecular weight is 350 g/mol. The first-order valence-corrected chi connectivity index (χ1v) is 8.26. The SMILES string of the molecule is CC(C)(C)OC(=O)N1CCC(Oc2nc3ccccc3nc2Cl)C1. The van der Waals surface area contributed by atoms with Gasteiger partial charge in [-0.1, -0.05) is 23.7 Å². The number of para-hydroxylation sites is 2. The van der Waals surface area contributed by atoms with Crippen LogP contribution in [-0.2, 0) is 4.74 Å². The number of ether oxygens (including phenoxy) is 2. The van der Waals surface area contributed by atoms with Crippen LogP contribution < -0.4 is 4.74 Å². The quantitative estimate of drug-likeness (QED) is 0.827. The van der Waals surface area contributed by atoms with Gasteiger partial charge < -0.3 is 14.4 Å². The number of carbonyl (C=O) groups excluding carboxylic acids is 1. The summed E-state index contributed by atoms with van der Waals surface area (Å²) in [6.45, 7) is 6.57. The van der Waals surface area contributed by atoms with Crippen molar-refractivity contribution in [1.29, 1.82) is 0 Å². The minimum atomic E-state index is -0.511. The molecular weight excluding hydrogens is 330 g/mol. The third kappa shape index (κ3) is 3.87. The fourth-order valence-corrected chi connectivity index (χ4v) is 2.69. The Kier molecular flexibility index (Phi) is 4.49. The van der Waals surface area contributed by atoms with Crippen molar-refractivity contribution >= 4 is 28.7 Å². The van der Waals surface area contributed by atoms with Crippen molar-refractivity contribution in [3.63, 3.8) is 0 Å². The molecule has 2 aromatic rings. The van der Waals surface area contributed by atoms with Gasteiger partial charge in [-0.3, -0.25) is 0 Å². The summed E-state index contributed by atoms with van der Waals surface area (Å²) in [6.07, 6.45) is 0.194. The van der Waals surface area contributed by atoms with Gasteiger partial charge in [0.15, 0.2) is 5.15 Å². The van der Waals surface area contributed by atoms with E-state index in [4.69, 9.17) is 21.1 Å². The van der Waals surface area contributed by atoms with Crippen molar-refractivity contribution in [1.82, 2.24) is 14.9 Å². The molecule has 1 fully saturated rings. The van der Waals surface area contributed by atoms with E-state index in [1.807, 2.05) is 45.0 Å². The number of hydrogen-bond acceptors (Lipinski definition) is 5. The van der Waals surface area contributed by atoms with Gasteiger partial charge in [0.05, 0.1) is 17.6 Å². The molecule has 3 rings (SSSR count). The second-order valence-electron chi connectivity index (χ2n) is 6.76. The number of benzene rings is 1. The fraction of sp³-hybridized carbons (Fsp3) is 0.471. The van der Waals surface area contributed by atoms with Crippen LogP contribution in [-0.4, -0.2) is 45.8 Å². The summed E-state index contributed by atoms with van der Waals surface area (Å²) in [4.78, 5) is 22.4. The van der Waals surface area contributed by atoms with E-state index in [0.29, 0.717) is 25.4 Å². The van der Waals surface area contributed by atoms with E-state index in [-0.39, 0.29) is 17.4 Å². The molecule has 1 atom stereocenters. The smallest absolute Gasteiger partial charge is 0.410 e. The number of aromatic nitrogens is 2. The van der Waals surface area contributed by atoms with Gasteiger partial charge in [0.2, 0.25) is 0 Å². The summed E-state index contributed by atoms with van der Waals surface area (Å²) < 4.78 is 11.2. The summed E-state index contributed by atoms with van der Waals surface area (Å²) >= 11 is 6.16. The monoisotopic (exact) mass is 349 g/mol. The molecule has 0 saturated carbocycles. The molecule has 1 aliphatic heterocycles. The van der Waals surface area contributed by atoms with Gasteiger partial charge in [-0.25, -0.2) is 14.8 Å². The van der Waals surface area contributed by atoms with E-state index in [1.165, 1.54) is 0 Å². The zero-order valence-electron chi connectivity index (χ0n) is 14.0. The molecule has 0 spiro atoms. The highest BCUT2D eigenvalue weighted by atomic mass is 35.5. The number of hydrogen-bond donors (Lipinski definition) is 0.